The van der Waals surface area contributed by atoms with Crippen molar-refractivity contribution in [3.05, 3.63) is 70.4 Å². The van der Waals surface area contributed by atoms with E-state index in [1.165, 1.54) is 0 Å². The Hall–Kier alpha value is -3.52. The van der Waals surface area contributed by atoms with Crippen LogP contribution < -0.4 is 4.74 Å². The van der Waals surface area contributed by atoms with Crippen LogP contribution in [-0.2, 0) is 15.1 Å². The number of fused-ring (bicyclic) bond motifs is 1. The molecule has 5 nitrogen and oxygen atoms in total. The summed E-state index contributed by atoms with van der Waals surface area (Å²) in [7, 11) is 1.61. The summed E-state index contributed by atoms with van der Waals surface area (Å²) in [5, 5.41) is 10.6. The van der Waals surface area contributed by atoms with E-state index in [4.69, 9.17) is 9.47 Å². The molecule has 0 fully saturated rings. The summed E-state index contributed by atoms with van der Waals surface area (Å²) >= 11 is 0. The zero-order valence-corrected chi connectivity index (χ0v) is 16.2. The standard InChI is InChI=1S/C23H20N2O3/c1-13-7-14(2)9-16(8-13)23(3)22(26)18(12-24)21(28-23)20-11-15-10-17(27-4)5-6-19(15)25-20/h5-11,25H,1-4H3. The normalized spacial score (nSPS) is 19.0. The second-order valence-electron chi connectivity index (χ2n) is 7.29. The predicted octanol–water partition coefficient (Wildman–Crippen LogP) is 4.54. The fourth-order valence-electron chi connectivity index (χ4n) is 3.73. The van der Waals surface area contributed by atoms with E-state index in [-0.39, 0.29) is 17.1 Å². The fourth-order valence-corrected chi connectivity index (χ4v) is 3.73. The van der Waals surface area contributed by atoms with Gasteiger partial charge in [0.05, 0.1) is 12.8 Å². The van der Waals surface area contributed by atoms with E-state index >= 15 is 0 Å². The van der Waals surface area contributed by atoms with Gasteiger partial charge >= 0.3 is 0 Å². The topological polar surface area (TPSA) is 75.1 Å². The highest BCUT2D eigenvalue weighted by Crippen LogP contribution is 2.43. The summed E-state index contributed by atoms with van der Waals surface area (Å²) in [5.41, 5.74) is 3.09. The first-order valence-corrected chi connectivity index (χ1v) is 9.00. The minimum atomic E-state index is -1.23. The zero-order valence-electron chi connectivity index (χ0n) is 16.2. The highest BCUT2D eigenvalue weighted by Gasteiger charge is 2.48. The monoisotopic (exact) mass is 372 g/mol. The van der Waals surface area contributed by atoms with Gasteiger partial charge in [0.15, 0.2) is 11.4 Å². The van der Waals surface area contributed by atoms with Gasteiger partial charge in [-0.3, -0.25) is 4.79 Å². The maximum Gasteiger partial charge on any atom is 0.225 e. The summed E-state index contributed by atoms with van der Waals surface area (Å²) in [4.78, 5) is 16.4. The van der Waals surface area contributed by atoms with E-state index < -0.39 is 5.60 Å². The Bertz CT molecular complexity index is 1180. The predicted molar refractivity (Wildman–Crippen MR) is 107 cm³/mol. The van der Waals surface area contributed by atoms with Gasteiger partial charge in [-0.2, -0.15) is 5.26 Å². The van der Waals surface area contributed by atoms with Crippen molar-refractivity contribution in [2.45, 2.75) is 26.4 Å². The van der Waals surface area contributed by atoms with Gasteiger partial charge in [-0.05, 0) is 45.0 Å². The first kappa shape index (κ1) is 17.9. The quantitative estimate of drug-likeness (QED) is 0.732. The average Bonchev–Trinajstić information content (AvgIpc) is 3.20. The number of nitriles is 1. The van der Waals surface area contributed by atoms with Crippen LogP contribution in [0.4, 0.5) is 0 Å². The van der Waals surface area contributed by atoms with Gasteiger partial charge in [0.25, 0.3) is 0 Å². The summed E-state index contributed by atoms with van der Waals surface area (Å²) in [6, 6.07) is 15.4. The van der Waals surface area contributed by atoms with Crippen LogP contribution in [0.15, 0.2) is 48.0 Å². The Kier molecular flexibility index (Phi) is 4.01. The third-order valence-electron chi connectivity index (χ3n) is 5.15. The minimum Gasteiger partial charge on any atom is -0.497 e. The molecule has 1 aliphatic rings. The molecule has 0 saturated heterocycles. The van der Waals surface area contributed by atoms with Crippen molar-refractivity contribution < 1.29 is 14.3 Å². The Morgan fingerprint density at radius 2 is 1.82 bits per heavy atom. The van der Waals surface area contributed by atoms with E-state index in [1.54, 1.807) is 14.0 Å². The number of carbonyl (C=O) groups excluding carboxylic acids is 1. The van der Waals surface area contributed by atoms with Crippen molar-refractivity contribution in [2.75, 3.05) is 7.11 Å². The molecule has 0 bridgehead atoms. The molecule has 140 valence electrons. The van der Waals surface area contributed by atoms with Gasteiger partial charge in [-0.15, -0.1) is 0 Å². The maximum atomic E-state index is 13.1. The number of aromatic nitrogens is 1. The number of hydrogen-bond acceptors (Lipinski definition) is 4. The van der Waals surface area contributed by atoms with Crippen molar-refractivity contribution in [2.24, 2.45) is 0 Å². The largest absolute Gasteiger partial charge is 0.497 e. The van der Waals surface area contributed by atoms with Gasteiger partial charge in [-0.1, -0.05) is 29.3 Å². The third-order valence-corrected chi connectivity index (χ3v) is 5.15. The van der Waals surface area contributed by atoms with Gasteiger partial charge < -0.3 is 14.5 Å². The molecule has 5 heteroatoms. The smallest absolute Gasteiger partial charge is 0.225 e. The van der Waals surface area contributed by atoms with E-state index in [0.717, 1.165) is 33.3 Å². The van der Waals surface area contributed by atoms with Crippen LogP contribution in [0.3, 0.4) is 0 Å². The molecule has 0 radical (unpaired) electrons. The molecule has 2 aromatic carbocycles. The lowest BCUT2D eigenvalue weighted by atomic mass is 9.87. The molecule has 3 aromatic rings. The number of nitrogens with one attached hydrogen (secondary N) is 1. The van der Waals surface area contributed by atoms with E-state index in [2.05, 4.69) is 4.98 Å². The van der Waals surface area contributed by atoms with Gasteiger partial charge in [0, 0.05) is 16.5 Å². The SMILES string of the molecule is COc1ccc2[nH]c(C3=C(C#N)C(=O)C(C)(c4cc(C)cc(C)c4)O3)cc2c1. The van der Waals surface area contributed by atoms with Crippen molar-refractivity contribution in [1.29, 1.82) is 5.26 Å². The number of nitrogens with zero attached hydrogens (tertiary/aromatic N) is 1. The molecule has 4 rings (SSSR count). The van der Waals surface area contributed by atoms with Crippen LogP contribution in [0.25, 0.3) is 16.7 Å². The molecule has 0 spiro atoms. The highest BCUT2D eigenvalue weighted by atomic mass is 16.5. The van der Waals surface area contributed by atoms with Gasteiger partial charge in [0.1, 0.15) is 17.4 Å². The number of ether oxygens (including phenoxy) is 2. The molecule has 28 heavy (non-hydrogen) atoms. The van der Waals surface area contributed by atoms with E-state index in [1.807, 2.05) is 62.4 Å². The first-order chi connectivity index (χ1) is 13.4. The zero-order chi connectivity index (χ0) is 20.1. The Morgan fingerprint density at radius 1 is 1.11 bits per heavy atom. The molecule has 2 heterocycles. The number of ketones is 1. The van der Waals surface area contributed by atoms with Gasteiger partial charge in [-0.25, -0.2) is 0 Å². The van der Waals surface area contributed by atoms with Crippen LogP contribution in [-0.4, -0.2) is 17.9 Å². The first-order valence-electron chi connectivity index (χ1n) is 9.00. The Morgan fingerprint density at radius 3 is 2.46 bits per heavy atom. The summed E-state index contributed by atoms with van der Waals surface area (Å²) in [6.07, 6.45) is 0. The molecule has 0 amide bonds. The number of carbonyl (C=O) groups is 1. The summed E-state index contributed by atoms with van der Waals surface area (Å²) in [5.74, 6) is 0.687. The lowest BCUT2D eigenvalue weighted by Crippen LogP contribution is -2.31. The molecule has 1 aromatic heterocycles. The number of aromatic amines is 1. The second kappa shape index (κ2) is 6.28. The number of rotatable bonds is 3. The number of hydrogen-bond donors (Lipinski definition) is 1. The lowest BCUT2D eigenvalue weighted by Gasteiger charge is -2.25. The van der Waals surface area contributed by atoms with Crippen LogP contribution >= 0.6 is 0 Å². The van der Waals surface area contributed by atoms with Crippen LogP contribution in [0.2, 0.25) is 0 Å². The third kappa shape index (κ3) is 2.66. The van der Waals surface area contributed by atoms with Crippen LogP contribution in [0, 0.1) is 25.2 Å². The van der Waals surface area contributed by atoms with Crippen molar-refractivity contribution in [3.8, 4) is 11.8 Å². The van der Waals surface area contributed by atoms with Crippen molar-refractivity contribution in [3.63, 3.8) is 0 Å². The molecular weight excluding hydrogens is 352 g/mol. The molecule has 0 aliphatic carbocycles. The number of Topliss-reactive ketones (excluding diaryl/α,β-unsaturated/α-hetero) is 1. The Balaban J connectivity index is 1.82. The number of H-pyrrole nitrogens is 1. The van der Waals surface area contributed by atoms with Crippen molar-refractivity contribution >= 4 is 22.4 Å². The van der Waals surface area contributed by atoms with Crippen LogP contribution in [0.5, 0.6) is 5.75 Å². The summed E-state index contributed by atoms with van der Waals surface area (Å²) < 4.78 is 11.4. The molecular formula is C23H20N2O3. The molecule has 0 saturated carbocycles. The maximum absolute atomic E-state index is 13.1. The molecule has 1 aliphatic heterocycles. The number of methoxy groups -OCH3 is 1. The summed E-state index contributed by atoms with van der Waals surface area (Å²) in [6.45, 7) is 5.67. The molecule has 1 atom stereocenters. The average molecular weight is 372 g/mol. The van der Waals surface area contributed by atoms with Gasteiger partial charge in [0.2, 0.25) is 5.78 Å². The molecule has 1 N–H and O–H groups in total. The molecule has 1 unspecified atom stereocenters. The van der Waals surface area contributed by atoms with Crippen LogP contribution in [0.1, 0.15) is 29.3 Å². The van der Waals surface area contributed by atoms with E-state index in [9.17, 15) is 10.1 Å². The fraction of sp³-hybridized carbons (Fsp3) is 0.217. The minimum absolute atomic E-state index is 0.0279. The lowest BCUT2D eigenvalue weighted by molar-refractivity contribution is -0.128. The Labute approximate surface area is 163 Å². The second-order valence-corrected chi connectivity index (χ2v) is 7.29. The number of aryl methyl sites for hydroxylation is 2. The number of benzene rings is 2. The van der Waals surface area contributed by atoms with Crippen molar-refractivity contribution in [1.82, 2.24) is 4.98 Å². The van der Waals surface area contributed by atoms with E-state index in [0.29, 0.717) is 5.69 Å². The highest BCUT2D eigenvalue weighted by molar-refractivity contribution is 6.13.